The number of sulfone groups is 1. The molecule has 2 aromatic rings. The first-order valence-electron chi connectivity index (χ1n) is 6.23. The first-order chi connectivity index (χ1) is 9.90. The van der Waals surface area contributed by atoms with Crippen LogP contribution in [0.4, 0.5) is 5.69 Å². The number of hydrazine groups is 1. The molecule has 8 heteroatoms. The van der Waals surface area contributed by atoms with Crippen molar-refractivity contribution in [2.45, 2.75) is 0 Å². The number of anilines is 1. The molecule has 7 nitrogen and oxygen atoms in total. The van der Waals surface area contributed by atoms with E-state index >= 15 is 0 Å². The SMILES string of the molecule is CS(=O)(=O)CCNC(=O)c1cc(NN)c2ccccc2n1. The van der Waals surface area contributed by atoms with Crippen molar-refractivity contribution in [2.75, 3.05) is 24.0 Å². The average Bonchev–Trinajstić information content (AvgIpc) is 2.44. The van der Waals surface area contributed by atoms with Crippen molar-refractivity contribution in [1.82, 2.24) is 10.3 Å². The summed E-state index contributed by atoms with van der Waals surface area (Å²) in [6, 6.07) is 8.78. The normalized spacial score (nSPS) is 11.3. The molecule has 2 rings (SSSR count). The Balaban J connectivity index is 2.23. The predicted octanol–water partition coefficient (Wildman–Crippen LogP) is 0.295. The highest BCUT2D eigenvalue weighted by Gasteiger charge is 2.12. The third kappa shape index (κ3) is 3.89. The van der Waals surface area contributed by atoms with Gasteiger partial charge in [0, 0.05) is 18.2 Å². The van der Waals surface area contributed by atoms with Gasteiger partial charge in [0.2, 0.25) is 0 Å². The lowest BCUT2D eigenvalue weighted by atomic mass is 10.1. The number of hydrogen-bond acceptors (Lipinski definition) is 6. The highest BCUT2D eigenvalue weighted by molar-refractivity contribution is 7.90. The van der Waals surface area contributed by atoms with Gasteiger partial charge in [-0.3, -0.25) is 10.6 Å². The van der Waals surface area contributed by atoms with E-state index in [4.69, 9.17) is 5.84 Å². The number of nitrogens with two attached hydrogens (primary N) is 1. The van der Waals surface area contributed by atoms with Gasteiger partial charge in [0.05, 0.1) is 17.0 Å². The minimum absolute atomic E-state index is 0.0392. The maximum absolute atomic E-state index is 12.0. The van der Waals surface area contributed by atoms with Gasteiger partial charge in [-0.25, -0.2) is 13.4 Å². The van der Waals surface area contributed by atoms with Gasteiger partial charge in [-0.05, 0) is 12.1 Å². The van der Waals surface area contributed by atoms with Gasteiger partial charge in [0.15, 0.2) is 0 Å². The van der Waals surface area contributed by atoms with Gasteiger partial charge in [-0.15, -0.1) is 0 Å². The Morgan fingerprint density at radius 2 is 2.05 bits per heavy atom. The number of carbonyl (C=O) groups is 1. The van der Waals surface area contributed by atoms with Crippen LogP contribution in [0.2, 0.25) is 0 Å². The topological polar surface area (TPSA) is 114 Å². The summed E-state index contributed by atoms with van der Waals surface area (Å²) in [7, 11) is -3.12. The summed E-state index contributed by atoms with van der Waals surface area (Å²) in [5, 5.41) is 3.32. The molecular formula is C13H16N4O3S. The second-order valence-electron chi connectivity index (χ2n) is 4.60. The number of benzene rings is 1. The number of fused-ring (bicyclic) bond motifs is 1. The first-order valence-corrected chi connectivity index (χ1v) is 8.29. The molecule has 0 unspecified atom stereocenters. The smallest absolute Gasteiger partial charge is 0.270 e. The number of nitrogens with one attached hydrogen (secondary N) is 2. The van der Waals surface area contributed by atoms with Crippen LogP contribution in [0.15, 0.2) is 30.3 Å². The summed E-state index contributed by atoms with van der Waals surface area (Å²) in [5.41, 5.74) is 3.91. The fourth-order valence-electron chi connectivity index (χ4n) is 1.85. The average molecular weight is 308 g/mol. The lowest BCUT2D eigenvalue weighted by Gasteiger charge is -2.09. The zero-order chi connectivity index (χ0) is 15.5. The van der Waals surface area contributed by atoms with E-state index in [0.29, 0.717) is 11.2 Å². The standard InChI is InChI=1S/C13H16N4O3S/c1-21(19,20)7-6-15-13(18)12-8-11(17-14)9-4-2-3-5-10(9)16-12/h2-5,8H,6-7,14H2,1H3,(H,15,18)(H,16,17). The molecular weight excluding hydrogens is 292 g/mol. The van der Waals surface area contributed by atoms with Crippen molar-refractivity contribution in [3.63, 3.8) is 0 Å². The van der Waals surface area contributed by atoms with E-state index in [1.807, 2.05) is 12.1 Å². The third-order valence-electron chi connectivity index (χ3n) is 2.86. The molecule has 21 heavy (non-hydrogen) atoms. The van der Waals surface area contributed by atoms with Gasteiger partial charge in [-0.1, -0.05) is 18.2 Å². The van der Waals surface area contributed by atoms with Crippen LogP contribution in [-0.2, 0) is 9.84 Å². The van der Waals surface area contributed by atoms with E-state index in [0.717, 1.165) is 11.6 Å². The third-order valence-corrected chi connectivity index (χ3v) is 3.81. The van der Waals surface area contributed by atoms with Crippen LogP contribution in [0.5, 0.6) is 0 Å². The summed E-state index contributed by atoms with van der Waals surface area (Å²) in [5.74, 6) is 4.89. The molecule has 0 aliphatic rings. The fraction of sp³-hybridized carbons (Fsp3) is 0.231. The summed E-state index contributed by atoms with van der Waals surface area (Å²) in [4.78, 5) is 16.2. The van der Waals surface area contributed by atoms with E-state index in [-0.39, 0.29) is 18.0 Å². The van der Waals surface area contributed by atoms with Gasteiger partial charge in [0.1, 0.15) is 15.5 Å². The quantitative estimate of drug-likeness (QED) is 0.540. The van der Waals surface area contributed by atoms with Gasteiger partial charge < -0.3 is 10.7 Å². The molecule has 1 heterocycles. The number of pyridine rings is 1. The molecule has 0 aliphatic heterocycles. The molecule has 4 N–H and O–H groups in total. The van der Waals surface area contributed by atoms with E-state index in [1.165, 1.54) is 6.07 Å². The van der Waals surface area contributed by atoms with Crippen LogP contribution in [0.3, 0.4) is 0 Å². The van der Waals surface area contributed by atoms with Crippen molar-refractivity contribution in [3.8, 4) is 0 Å². The van der Waals surface area contributed by atoms with E-state index in [2.05, 4.69) is 15.7 Å². The molecule has 0 saturated carbocycles. The van der Waals surface area contributed by atoms with Crippen LogP contribution >= 0.6 is 0 Å². The lowest BCUT2D eigenvalue weighted by molar-refractivity contribution is 0.0951. The molecule has 0 saturated heterocycles. The Morgan fingerprint density at radius 1 is 1.33 bits per heavy atom. The second-order valence-corrected chi connectivity index (χ2v) is 6.86. The predicted molar refractivity (Wildman–Crippen MR) is 81.6 cm³/mol. The minimum Gasteiger partial charge on any atom is -0.350 e. The van der Waals surface area contributed by atoms with E-state index in [1.54, 1.807) is 12.1 Å². The molecule has 1 aromatic carbocycles. The number of para-hydroxylation sites is 1. The molecule has 0 spiro atoms. The van der Waals surface area contributed by atoms with Crippen molar-refractivity contribution in [2.24, 2.45) is 5.84 Å². The van der Waals surface area contributed by atoms with Crippen LogP contribution in [-0.4, -0.2) is 37.9 Å². The summed E-state index contributed by atoms with van der Waals surface area (Å²) >= 11 is 0. The first kappa shape index (κ1) is 15.2. The summed E-state index contributed by atoms with van der Waals surface area (Å²) < 4.78 is 22.1. The number of aromatic nitrogens is 1. The monoisotopic (exact) mass is 308 g/mol. The highest BCUT2D eigenvalue weighted by Crippen LogP contribution is 2.22. The van der Waals surface area contributed by atoms with Gasteiger partial charge in [-0.2, -0.15) is 0 Å². The molecule has 1 amide bonds. The minimum atomic E-state index is -3.12. The fourth-order valence-corrected chi connectivity index (χ4v) is 2.32. The maximum atomic E-state index is 12.0. The van der Waals surface area contributed by atoms with Crippen molar-refractivity contribution < 1.29 is 13.2 Å². The number of nitrogen functional groups attached to an aromatic ring is 1. The molecule has 112 valence electrons. The molecule has 0 fully saturated rings. The van der Waals surface area contributed by atoms with Crippen molar-refractivity contribution >= 4 is 32.3 Å². The van der Waals surface area contributed by atoms with E-state index in [9.17, 15) is 13.2 Å². The number of hydrogen-bond donors (Lipinski definition) is 3. The van der Waals surface area contributed by atoms with Crippen LogP contribution < -0.4 is 16.6 Å². The largest absolute Gasteiger partial charge is 0.350 e. The zero-order valence-electron chi connectivity index (χ0n) is 11.5. The Hall–Kier alpha value is -2.19. The lowest BCUT2D eigenvalue weighted by Crippen LogP contribution is -2.29. The molecule has 0 radical (unpaired) electrons. The number of rotatable bonds is 5. The molecule has 0 bridgehead atoms. The molecule has 1 aromatic heterocycles. The zero-order valence-corrected chi connectivity index (χ0v) is 12.3. The van der Waals surface area contributed by atoms with Crippen LogP contribution in [0, 0.1) is 0 Å². The Morgan fingerprint density at radius 3 is 2.71 bits per heavy atom. The highest BCUT2D eigenvalue weighted by atomic mass is 32.2. The summed E-state index contributed by atoms with van der Waals surface area (Å²) in [6.07, 6.45) is 1.11. The molecule has 0 aliphatic carbocycles. The Labute approximate surface area is 122 Å². The van der Waals surface area contributed by atoms with Crippen molar-refractivity contribution in [1.29, 1.82) is 0 Å². The Kier molecular flexibility index (Phi) is 4.39. The number of nitrogens with zero attached hydrogens (tertiary/aromatic N) is 1. The second kappa shape index (κ2) is 6.06. The van der Waals surface area contributed by atoms with Crippen LogP contribution in [0.25, 0.3) is 10.9 Å². The summed E-state index contributed by atoms with van der Waals surface area (Å²) in [6.45, 7) is 0.0392. The Bertz CT molecular complexity index is 774. The van der Waals surface area contributed by atoms with E-state index < -0.39 is 15.7 Å². The van der Waals surface area contributed by atoms with Crippen LogP contribution in [0.1, 0.15) is 10.5 Å². The van der Waals surface area contributed by atoms with Crippen molar-refractivity contribution in [3.05, 3.63) is 36.0 Å². The maximum Gasteiger partial charge on any atom is 0.270 e. The molecule has 0 atom stereocenters. The number of carbonyl (C=O) groups excluding carboxylic acids is 1. The van der Waals surface area contributed by atoms with Gasteiger partial charge in [0.25, 0.3) is 5.91 Å². The van der Waals surface area contributed by atoms with Gasteiger partial charge >= 0.3 is 0 Å². The number of amides is 1.